The molecule has 3 aromatic rings. The van der Waals surface area contributed by atoms with Crippen molar-refractivity contribution >= 4 is 40.3 Å². The van der Waals surface area contributed by atoms with E-state index in [1.54, 1.807) is 31.4 Å². The molecule has 36 heavy (non-hydrogen) atoms. The molecule has 0 saturated carbocycles. The number of urea groups is 1. The Labute approximate surface area is 215 Å². The molecule has 0 unspecified atom stereocenters. The van der Waals surface area contributed by atoms with Crippen LogP contribution in [0.5, 0.6) is 5.75 Å². The van der Waals surface area contributed by atoms with Crippen LogP contribution >= 0.6 is 11.3 Å². The number of nitrogens with one attached hydrogen (secondary N) is 2. The van der Waals surface area contributed by atoms with Gasteiger partial charge >= 0.3 is 6.03 Å². The van der Waals surface area contributed by atoms with Crippen LogP contribution in [0.25, 0.3) is 0 Å². The number of rotatable bonds is 9. The third-order valence-corrected chi connectivity index (χ3v) is 6.85. The fourth-order valence-electron chi connectivity index (χ4n) is 4.21. The Balaban J connectivity index is 1.52. The largest absolute Gasteiger partial charge is 0.497 e. The van der Waals surface area contributed by atoms with Crippen molar-refractivity contribution in [3.63, 3.8) is 0 Å². The summed E-state index contributed by atoms with van der Waals surface area (Å²) in [6.45, 7) is 1.66. The van der Waals surface area contributed by atoms with E-state index < -0.39 is 0 Å². The number of carbonyl (C=O) groups is 2. The van der Waals surface area contributed by atoms with E-state index in [-0.39, 0.29) is 18.0 Å². The SMILES string of the molecule is COc1ccc(NC(=O)Nc2ccc(N(C)C)c(CN(C[C@@H]3CCCO3)C(=O)c3cccs3)c2)cc1. The van der Waals surface area contributed by atoms with Crippen molar-refractivity contribution in [3.8, 4) is 5.75 Å². The van der Waals surface area contributed by atoms with Gasteiger partial charge in [0.05, 0.1) is 18.1 Å². The van der Waals surface area contributed by atoms with Crippen LogP contribution in [0.4, 0.5) is 21.9 Å². The minimum atomic E-state index is -0.352. The second-order valence-electron chi connectivity index (χ2n) is 8.84. The van der Waals surface area contributed by atoms with Gasteiger partial charge in [-0.15, -0.1) is 11.3 Å². The molecule has 2 aromatic carbocycles. The molecule has 0 radical (unpaired) electrons. The van der Waals surface area contributed by atoms with Crippen molar-refractivity contribution in [1.82, 2.24) is 4.90 Å². The molecular formula is C27H32N4O4S. The van der Waals surface area contributed by atoms with E-state index in [9.17, 15) is 9.59 Å². The Bertz CT molecular complexity index is 1160. The molecule has 0 aliphatic carbocycles. The predicted molar refractivity (Wildman–Crippen MR) is 144 cm³/mol. The van der Waals surface area contributed by atoms with Crippen LogP contribution in [0.3, 0.4) is 0 Å². The monoisotopic (exact) mass is 508 g/mol. The van der Waals surface area contributed by atoms with Gasteiger partial charge in [-0.1, -0.05) is 6.07 Å². The zero-order valence-corrected chi connectivity index (χ0v) is 21.6. The van der Waals surface area contributed by atoms with Crippen LogP contribution in [0.2, 0.25) is 0 Å². The van der Waals surface area contributed by atoms with E-state index in [1.807, 2.05) is 59.6 Å². The highest BCUT2D eigenvalue weighted by Crippen LogP contribution is 2.27. The number of amides is 3. The lowest BCUT2D eigenvalue weighted by Gasteiger charge is -2.28. The van der Waals surface area contributed by atoms with E-state index in [1.165, 1.54) is 11.3 Å². The molecule has 2 N–H and O–H groups in total. The molecule has 1 aliphatic heterocycles. The summed E-state index contributed by atoms with van der Waals surface area (Å²) >= 11 is 1.44. The number of hydrogen-bond acceptors (Lipinski definition) is 6. The average molecular weight is 509 g/mol. The molecule has 8 nitrogen and oxygen atoms in total. The lowest BCUT2D eigenvalue weighted by Crippen LogP contribution is -2.37. The maximum atomic E-state index is 13.4. The maximum Gasteiger partial charge on any atom is 0.323 e. The minimum Gasteiger partial charge on any atom is -0.497 e. The standard InChI is InChI=1S/C27H32N4O4S/c1-30(2)24-13-10-21(29-27(33)28-20-8-11-22(34-3)12-9-20)16-19(24)17-31(18-23-6-4-14-35-23)26(32)25-7-5-15-36-25/h5,7-13,15-16,23H,4,6,14,17-18H2,1-3H3,(H2,28,29,33)/t23-/m0/s1. The molecule has 0 spiro atoms. The number of carbonyl (C=O) groups excluding carboxylic acids is 2. The van der Waals surface area contributed by atoms with Gasteiger partial charge in [0.2, 0.25) is 0 Å². The summed E-state index contributed by atoms with van der Waals surface area (Å²) in [6, 6.07) is 16.2. The first-order valence-corrected chi connectivity index (χ1v) is 12.8. The second-order valence-corrected chi connectivity index (χ2v) is 9.79. The molecule has 190 valence electrons. The number of ether oxygens (including phenoxy) is 2. The molecule has 1 saturated heterocycles. The van der Waals surface area contributed by atoms with Crippen LogP contribution in [-0.4, -0.2) is 57.3 Å². The summed E-state index contributed by atoms with van der Waals surface area (Å²) in [6.07, 6.45) is 1.99. The maximum absolute atomic E-state index is 13.4. The van der Waals surface area contributed by atoms with Gasteiger partial charge in [-0.3, -0.25) is 4.79 Å². The van der Waals surface area contributed by atoms with E-state index >= 15 is 0 Å². The Kier molecular flexibility index (Phi) is 8.45. The van der Waals surface area contributed by atoms with Crippen LogP contribution in [0.1, 0.15) is 28.1 Å². The van der Waals surface area contributed by atoms with Crippen LogP contribution < -0.4 is 20.3 Å². The van der Waals surface area contributed by atoms with Crippen LogP contribution in [0, 0.1) is 0 Å². The van der Waals surface area contributed by atoms with Gasteiger partial charge in [-0.25, -0.2) is 4.79 Å². The van der Waals surface area contributed by atoms with Crippen LogP contribution in [0.15, 0.2) is 60.0 Å². The van der Waals surface area contributed by atoms with E-state index in [2.05, 4.69) is 10.6 Å². The number of nitrogens with zero attached hydrogens (tertiary/aromatic N) is 2. The lowest BCUT2D eigenvalue weighted by molar-refractivity contribution is 0.0511. The normalized spacial score (nSPS) is 14.8. The number of benzene rings is 2. The lowest BCUT2D eigenvalue weighted by atomic mass is 10.1. The highest BCUT2D eigenvalue weighted by molar-refractivity contribution is 7.12. The summed E-state index contributed by atoms with van der Waals surface area (Å²) in [5.41, 5.74) is 3.21. The Hall–Kier alpha value is -3.56. The van der Waals surface area contributed by atoms with Gasteiger partial charge in [0, 0.05) is 50.9 Å². The number of hydrogen-bond donors (Lipinski definition) is 2. The highest BCUT2D eigenvalue weighted by Gasteiger charge is 2.25. The average Bonchev–Trinajstić information content (AvgIpc) is 3.58. The topological polar surface area (TPSA) is 83.1 Å². The molecule has 1 aromatic heterocycles. The fraction of sp³-hybridized carbons (Fsp3) is 0.333. The molecule has 1 atom stereocenters. The van der Waals surface area contributed by atoms with Crippen LogP contribution in [-0.2, 0) is 11.3 Å². The van der Waals surface area contributed by atoms with E-state index in [0.717, 1.165) is 36.4 Å². The third-order valence-electron chi connectivity index (χ3n) is 6.00. The number of thiophene rings is 1. The molecule has 9 heteroatoms. The van der Waals surface area contributed by atoms with Crippen molar-refractivity contribution < 1.29 is 19.1 Å². The van der Waals surface area contributed by atoms with Gasteiger partial charge in [-0.05, 0) is 72.3 Å². The van der Waals surface area contributed by atoms with Gasteiger partial charge in [-0.2, -0.15) is 0 Å². The highest BCUT2D eigenvalue weighted by atomic mass is 32.1. The quantitative estimate of drug-likeness (QED) is 0.411. The Morgan fingerprint density at radius 3 is 2.47 bits per heavy atom. The van der Waals surface area contributed by atoms with E-state index in [0.29, 0.717) is 29.3 Å². The van der Waals surface area contributed by atoms with E-state index in [4.69, 9.17) is 9.47 Å². The zero-order chi connectivity index (χ0) is 25.5. The van der Waals surface area contributed by atoms with Crippen molar-refractivity contribution in [1.29, 1.82) is 0 Å². The molecular weight excluding hydrogens is 476 g/mol. The van der Waals surface area contributed by atoms with Gasteiger partial charge in [0.25, 0.3) is 5.91 Å². The molecule has 0 bridgehead atoms. The van der Waals surface area contributed by atoms with Gasteiger partial charge in [0.15, 0.2) is 0 Å². The Morgan fingerprint density at radius 1 is 1.08 bits per heavy atom. The van der Waals surface area contributed by atoms with Crippen molar-refractivity contribution in [3.05, 3.63) is 70.4 Å². The molecule has 1 aliphatic rings. The van der Waals surface area contributed by atoms with Crippen molar-refractivity contribution in [2.75, 3.05) is 49.9 Å². The molecule has 1 fully saturated rings. The number of anilines is 3. The summed E-state index contributed by atoms with van der Waals surface area (Å²) in [7, 11) is 5.53. The third kappa shape index (κ3) is 6.56. The molecule has 4 rings (SSSR count). The predicted octanol–water partition coefficient (Wildman–Crippen LogP) is 5.29. The first-order chi connectivity index (χ1) is 17.4. The zero-order valence-electron chi connectivity index (χ0n) is 20.8. The smallest absolute Gasteiger partial charge is 0.323 e. The van der Waals surface area contributed by atoms with Gasteiger partial charge < -0.3 is 29.9 Å². The first-order valence-electron chi connectivity index (χ1n) is 11.9. The summed E-state index contributed by atoms with van der Waals surface area (Å²) < 4.78 is 11.0. The fourth-order valence-corrected chi connectivity index (χ4v) is 4.90. The summed E-state index contributed by atoms with van der Waals surface area (Å²) in [5.74, 6) is 0.704. The number of methoxy groups -OCH3 is 1. The summed E-state index contributed by atoms with van der Waals surface area (Å²) in [5, 5.41) is 7.64. The van der Waals surface area contributed by atoms with Gasteiger partial charge in [0.1, 0.15) is 5.75 Å². The molecule has 2 heterocycles. The molecule has 3 amide bonds. The minimum absolute atomic E-state index is 0.0131. The first kappa shape index (κ1) is 25.5. The summed E-state index contributed by atoms with van der Waals surface area (Å²) in [4.78, 5) is 30.6. The Morgan fingerprint density at radius 2 is 1.83 bits per heavy atom. The van der Waals surface area contributed by atoms with Crippen molar-refractivity contribution in [2.24, 2.45) is 0 Å². The second kappa shape index (κ2) is 11.9. The van der Waals surface area contributed by atoms with Crippen molar-refractivity contribution in [2.45, 2.75) is 25.5 Å².